The van der Waals surface area contributed by atoms with Gasteiger partial charge in [0.15, 0.2) is 0 Å². The predicted molar refractivity (Wildman–Crippen MR) is 111 cm³/mol. The van der Waals surface area contributed by atoms with E-state index >= 15 is 0 Å². The number of nitrogens with zero attached hydrogens (tertiary/aromatic N) is 4. The van der Waals surface area contributed by atoms with Gasteiger partial charge in [0.2, 0.25) is 5.91 Å². The van der Waals surface area contributed by atoms with Crippen molar-refractivity contribution in [1.82, 2.24) is 19.6 Å². The van der Waals surface area contributed by atoms with Gasteiger partial charge >= 0.3 is 0 Å². The van der Waals surface area contributed by atoms with Crippen molar-refractivity contribution >= 4 is 5.91 Å². The summed E-state index contributed by atoms with van der Waals surface area (Å²) >= 11 is 0. The number of rotatable bonds is 3. The van der Waals surface area contributed by atoms with Crippen LogP contribution in [0.4, 0.5) is 4.39 Å². The number of aromatic nitrogens is 2. The average Bonchev–Trinajstić information content (AvgIpc) is 2.92. The number of carbonyl (C=O) groups is 1. The molecule has 2 aliphatic rings. The number of amides is 1. The molecular formula is C23H29FN4O. The molecule has 3 heterocycles. The number of aryl methyl sites for hydroxylation is 1. The van der Waals surface area contributed by atoms with E-state index in [4.69, 9.17) is 5.10 Å². The molecule has 0 saturated carbocycles. The first kappa shape index (κ1) is 19.8. The minimum atomic E-state index is -0.311. The number of hydrogen-bond donors (Lipinski definition) is 0. The van der Waals surface area contributed by atoms with Crippen molar-refractivity contribution in [2.45, 2.75) is 39.7 Å². The number of hydrogen-bond acceptors (Lipinski definition) is 3. The third-order valence-corrected chi connectivity index (χ3v) is 6.40. The molecule has 2 aromatic rings. The van der Waals surface area contributed by atoms with Crippen LogP contribution in [-0.4, -0.2) is 52.2 Å². The lowest BCUT2D eigenvalue weighted by Gasteiger charge is -2.42. The Labute approximate surface area is 171 Å². The third kappa shape index (κ3) is 3.73. The summed E-state index contributed by atoms with van der Waals surface area (Å²) in [6, 6.07) is 6.42. The molecule has 0 bridgehead atoms. The molecule has 1 aromatic carbocycles. The summed E-state index contributed by atoms with van der Waals surface area (Å²) in [6.07, 6.45) is 7.07. The van der Waals surface area contributed by atoms with Crippen molar-refractivity contribution < 1.29 is 9.18 Å². The second kappa shape index (κ2) is 7.75. The fourth-order valence-corrected chi connectivity index (χ4v) is 4.78. The Hall–Kier alpha value is -2.47. The number of likely N-dealkylation sites (tertiary alicyclic amines) is 1. The van der Waals surface area contributed by atoms with Gasteiger partial charge in [0.1, 0.15) is 5.82 Å². The first-order chi connectivity index (χ1) is 13.9. The summed E-state index contributed by atoms with van der Waals surface area (Å²) in [7, 11) is 1.90. The summed E-state index contributed by atoms with van der Waals surface area (Å²) in [5.74, 6) is 0.0175. The van der Waals surface area contributed by atoms with Crippen molar-refractivity contribution in [2.75, 3.05) is 26.7 Å². The van der Waals surface area contributed by atoms with Gasteiger partial charge < -0.3 is 4.90 Å². The Kier molecular flexibility index (Phi) is 5.30. The predicted octanol–water partition coefficient (Wildman–Crippen LogP) is 3.63. The van der Waals surface area contributed by atoms with Gasteiger partial charge in [-0.2, -0.15) is 5.10 Å². The second-order valence-electron chi connectivity index (χ2n) is 8.49. The minimum Gasteiger partial charge on any atom is -0.342 e. The minimum absolute atomic E-state index is 0.249. The van der Waals surface area contributed by atoms with Crippen LogP contribution in [0, 0.1) is 25.1 Å². The highest BCUT2D eigenvalue weighted by Gasteiger charge is 2.43. The Balaban J connectivity index is 1.57. The van der Waals surface area contributed by atoms with Crippen LogP contribution in [0.3, 0.4) is 0 Å². The van der Waals surface area contributed by atoms with Gasteiger partial charge in [-0.3, -0.25) is 9.69 Å². The van der Waals surface area contributed by atoms with Crippen molar-refractivity contribution in [2.24, 2.45) is 5.41 Å². The number of halogens is 1. The summed E-state index contributed by atoms with van der Waals surface area (Å²) in [6.45, 7) is 7.33. The summed E-state index contributed by atoms with van der Waals surface area (Å²) in [4.78, 5) is 17.3. The van der Waals surface area contributed by atoms with Crippen LogP contribution in [0.15, 0.2) is 36.4 Å². The fraction of sp³-hybridized carbons (Fsp3) is 0.478. The highest BCUT2D eigenvalue weighted by molar-refractivity contribution is 5.83. The molecule has 154 valence electrons. The molecule has 6 heteroatoms. The Bertz CT molecular complexity index is 933. The van der Waals surface area contributed by atoms with Crippen LogP contribution >= 0.6 is 0 Å². The number of likely N-dealkylation sites (N-methyl/N-ethyl adjacent to an activating group) is 1. The Morgan fingerprint density at radius 3 is 2.69 bits per heavy atom. The summed E-state index contributed by atoms with van der Waals surface area (Å²) in [5, 5.41) is 4.70. The SMILES string of the molecule is Cc1nn(-c2ccc(F)cc2)c(C)c1CN1CCCC2(CC=CCN(C)C2=O)C1. The zero-order valence-corrected chi connectivity index (χ0v) is 17.5. The van der Waals surface area contributed by atoms with E-state index < -0.39 is 0 Å². The lowest BCUT2D eigenvalue weighted by Crippen LogP contribution is -2.51. The van der Waals surface area contributed by atoms with Crippen molar-refractivity contribution in [3.8, 4) is 5.69 Å². The van der Waals surface area contributed by atoms with E-state index in [0.29, 0.717) is 6.54 Å². The lowest BCUT2D eigenvalue weighted by molar-refractivity contribution is -0.143. The standard InChI is InChI=1S/C23H29FN4O/c1-17-21(18(2)28(25-17)20-9-7-19(24)8-10-20)15-27-14-6-12-23(16-27)11-4-5-13-26(3)22(23)29/h4-5,7-10H,6,11-16H2,1-3H3. The number of benzene rings is 1. The molecule has 2 aliphatic heterocycles. The zero-order chi connectivity index (χ0) is 20.6. The molecule has 1 aromatic heterocycles. The maximum absolute atomic E-state index is 13.3. The monoisotopic (exact) mass is 396 g/mol. The molecule has 1 spiro atoms. The van der Waals surface area contributed by atoms with E-state index in [2.05, 4.69) is 24.0 Å². The summed E-state index contributed by atoms with van der Waals surface area (Å²) < 4.78 is 15.2. The molecule has 0 radical (unpaired) electrons. The largest absolute Gasteiger partial charge is 0.342 e. The highest BCUT2D eigenvalue weighted by Crippen LogP contribution is 2.38. The molecule has 4 rings (SSSR count). The molecule has 29 heavy (non-hydrogen) atoms. The van der Waals surface area contributed by atoms with Gasteiger partial charge in [0, 0.05) is 37.9 Å². The smallest absolute Gasteiger partial charge is 0.230 e. The normalized spacial score (nSPS) is 23.0. The molecule has 5 nitrogen and oxygen atoms in total. The van der Waals surface area contributed by atoms with E-state index in [9.17, 15) is 9.18 Å². The van der Waals surface area contributed by atoms with Crippen LogP contribution in [0.5, 0.6) is 0 Å². The fourth-order valence-electron chi connectivity index (χ4n) is 4.78. The molecule has 1 fully saturated rings. The van der Waals surface area contributed by atoms with E-state index in [1.54, 1.807) is 12.1 Å². The van der Waals surface area contributed by atoms with Crippen molar-refractivity contribution in [3.05, 3.63) is 59.2 Å². The molecule has 1 unspecified atom stereocenters. The van der Waals surface area contributed by atoms with Gasteiger partial charge in [0.05, 0.1) is 16.8 Å². The lowest BCUT2D eigenvalue weighted by atomic mass is 9.76. The van der Waals surface area contributed by atoms with Crippen molar-refractivity contribution in [1.29, 1.82) is 0 Å². The second-order valence-corrected chi connectivity index (χ2v) is 8.49. The average molecular weight is 397 g/mol. The number of piperidine rings is 1. The van der Waals surface area contributed by atoms with Gasteiger partial charge in [-0.1, -0.05) is 12.2 Å². The van der Waals surface area contributed by atoms with Crippen molar-refractivity contribution in [3.63, 3.8) is 0 Å². The highest BCUT2D eigenvalue weighted by atomic mass is 19.1. The molecule has 1 amide bonds. The molecule has 1 atom stereocenters. The van der Waals surface area contributed by atoms with E-state index in [1.165, 1.54) is 17.7 Å². The zero-order valence-electron chi connectivity index (χ0n) is 17.5. The van der Waals surface area contributed by atoms with Crippen LogP contribution in [0.25, 0.3) is 5.69 Å². The maximum atomic E-state index is 13.3. The van der Waals surface area contributed by atoms with Crippen LogP contribution in [0.1, 0.15) is 36.2 Å². The van der Waals surface area contributed by atoms with E-state index in [-0.39, 0.29) is 17.1 Å². The molecule has 0 N–H and O–H groups in total. The van der Waals surface area contributed by atoms with Crippen LogP contribution < -0.4 is 0 Å². The van der Waals surface area contributed by atoms with E-state index in [1.807, 2.05) is 23.6 Å². The molecule has 0 aliphatic carbocycles. The van der Waals surface area contributed by atoms with E-state index in [0.717, 1.165) is 56.0 Å². The molecule has 1 saturated heterocycles. The maximum Gasteiger partial charge on any atom is 0.230 e. The number of carbonyl (C=O) groups excluding carboxylic acids is 1. The molecular weight excluding hydrogens is 367 g/mol. The Morgan fingerprint density at radius 2 is 1.93 bits per heavy atom. The van der Waals surface area contributed by atoms with Gasteiger partial charge in [-0.05, 0) is 63.9 Å². The van der Waals surface area contributed by atoms with Crippen LogP contribution in [0.2, 0.25) is 0 Å². The summed E-state index contributed by atoms with van der Waals surface area (Å²) in [5.41, 5.74) is 3.79. The van der Waals surface area contributed by atoms with Gasteiger partial charge in [-0.25, -0.2) is 9.07 Å². The van der Waals surface area contributed by atoms with Gasteiger partial charge in [-0.15, -0.1) is 0 Å². The topological polar surface area (TPSA) is 41.4 Å². The quantitative estimate of drug-likeness (QED) is 0.744. The first-order valence-corrected chi connectivity index (χ1v) is 10.3. The van der Waals surface area contributed by atoms with Gasteiger partial charge in [0.25, 0.3) is 0 Å². The Morgan fingerprint density at radius 1 is 1.17 bits per heavy atom. The third-order valence-electron chi connectivity index (χ3n) is 6.40. The number of allylic oxidation sites excluding steroid dienone is 1. The first-order valence-electron chi connectivity index (χ1n) is 10.3. The van der Waals surface area contributed by atoms with Crippen LogP contribution in [-0.2, 0) is 11.3 Å².